The molecule has 0 radical (unpaired) electrons. The number of amides is 2. The highest BCUT2D eigenvalue weighted by Crippen LogP contribution is 2.39. The van der Waals surface area contributed by atoms with Crippen molar-refractivity contribution in [3.63, 3.8) is 0 Å². The van der Waals surface area contributed by atoms with Crippen LogP contribution in [0.5, 0.6) is 0 Å². The van der Waals surface area contributed by atoms with Crippen molar-refractivity contribution in [2.45, 2.75) is 32.7 Å². The highest BCUT2D eigenvalue weighted by Gasteiger charge is 2.35. The number of para-hydroxylation sites is 1. The topological polar surface area (TPSA) is 86.7 Å². The Morgan fingerprint density at radius 2 is 1.69 bits per heavy atom. The number of carbonyl (C=O) groups excluding carboxylic acids is 2. The van der Waals surface area contributed by atoms with Gasteiger partial charge in [-0.25, -0.2) is 0 Å². The van der Waals surface area contributed by atoms with Gasteiger partial charge in [0.25, 0.3) is 5.91 Å². The fraction of sp³-hybridized carbons (Fsp3) is 0.348. The molecular weight excluding hydrogens is 368 g/mol. The average molecular weight is 394 g/mol. The first kappa shape index (κ1) is 20.6. The first-order chi connectivity index (χ1) is 13.8. The van der Waals surface area contributed by atoms with Gasteiger partial charge in [0.05, 0.1) is 12.1 Å². The van der Waals surface area contributed by atoms with E-state index in [1.54, 1.807) is 11.9 Å². The Balaban J connectivity index is 2.00. The molecule has 0 spiro atoms. The molecule has 2 aromatic rings. The molecule has 2 amide bonds. The van der Waals surface area contributed by atoms with Gasteiger partial charge in [-0.1, -0.05) is 56.3 Å². The maximum Gasteiger partial charge on any atom is 0.304 e. The molecule has 6 nitrogen and oxygen atoms in total. The third-order valence-corrected chi connectivity index (χ3v) is 5.24. The number of carbonyl (C=O) groups is 3. The molecule has 0 aliphatic carbocycles. The van der Waals surface area contributed by atoms with Crippen molar-refractivity contribution in [3.8, 4) is 11.1 Å². The first-order valence-electron chi connectivity index (χ1n) is 9.77. The van der Waals surface area contributed by atoms with Gasteiger partial charge >= 0.3 is 5.97 Å². The number of nitrogens with one attached hydrogen (secondary N) is 1. The fourth-order valence-corrected chi connectivity index (χ4v) is 3.90. The van der Waals surface area contributed by atoms with E-state index in [9.17, 15) is 19.5 Å². The third kappa shape index (κ3) is 4.31. The number of hydrogen-bond acceptors (Lipinski definition) is 3. The molecule has 29 heavy (non-hydrogen) atoms. The SMILES string of the molecule is CC(C)CC(CC(=O)O)C(=O)NC1C(=O)N(C)c2ccccc2-c2ccccc21. The molecule has 3 rings (SSSR count). The van der Waals surface area contributed by atoms with Crippen LogP contribution in [0.4, 0.5) is 5.69 Å². The average Bonchev–Trinajstić information content (AvgIpc) is 2.77. The number of nitrogens with zero attached hydrogens (tertiary/aromatic N) is 1. The molecule has 0 fully saturated rings. The Labute approximate surface area is 170 Å². The third-order valence-electron chi connectivity index (χ3n) is 5.24. The number of rotatable bonds is 6. The molecule has 0 saturated heterocycles. The highest BCUT2D eigenvalue weighted by atomic mass is 16.4. The van der Waals surface area contributed by atoms with E-state index in [0.717, 1.165) is 16.8 Å². The predicted molar refractivity (Wildman–Crippen MR) is 111 cm³/mol. The first-order valence-corrected chi connectivity index (χ1v) is 9.77. The molecule has 2 atom stereocenters. The van der Waals surface area contributed by atoms with Crippen LogP contribution in [0.25, 0.3) is 11.1 Å². The van der Waals surface area contributed by atoms with Crippen molar-refractivity contribution >= 4 is 23.5 Å². The Kier molecular flexibility index (Phi) is 6.01. The van der Waals surface area contributed by atoms with E-state index in [2.05, 4.69) is 5.32 Å². The summed E-state index contributed by atoms with van der Waals surface area (Å²) >= 11 is 0. The van der Waals surface area contributed by atoms with E-state index in [1.807, 2.05) is 62.4 Å². The zero-order valence-corrected chi connectivity index (χ0v) is 16.9. The zero-order chi connectivity index (χ0) is 21.1. The van der Waals surface area contributed by atoms with Crippen LogP contribution in [0, 0.1) is 11.8 Å². The number of likely N-dealkylation sites (N-methyl/N-ethyl adjacent to an activating group) is 1. The summed E-state index contributed by atoms with van der Waals surface area (Å²) in [5, 5.41) is 12.1. The molecular formula is C23H26N2O4. The van der Waals surface area contributed by atoms with E-state index >= 15 is 0 Å². The maximum atomic E-state index is 13.3. The summed E-state index contributed by atoms with van der Waals surface area (Å²) in [6.45, 7) is 3.89. The molecule has 0 saturated carbocycles. The lowest BCUT2D eigenvalue weighted by molar-refractivity contribution is -0.141. The minimum Gasteiger partial charge on any atom is -0.481 e. The number of anilines is 1. The van der Waals surface area contributed by atoms with Crippen LogP contribution in [0.1, 0.15) is 38.3 Å². The Morgan fingerprint density at radius 1 is 1.07 bits per heavy atom. The van der Waals surface area contributed by atoms with Gasteiger partial charge < -0.3 is 15.3 Å². The smallest absolute Gasteiger partial charge is 0.304 e. The minimum atomic E-state index is -1.03. The number of carboxylic acid groups (broad SMARTS) is 1. The summed E-state index contributed by atoms with van der Waals surface area (Å²) in [5.74, 6) is -2.22. The van der Waals surface area contributed by atoms with Crippen LogP contribution in [-0.2, 0) is 14.4 Å². The van der Waals surface area contributed by atoms with E-state index in [-0.39, 0.29) is 18.2 Å². The highest BCUT2D eigenvalue weighted by molar-refractivity contribution is 6.06. The normalized spacial score (nSPS) is 16.6. The summed E-state index contributed by atoms with van der Waals surface area (Å²) < 4.78 is 0. The van der Waals surface area contributed by atoms with Crippen LogP contribution >= 0.6 is 0 Å². The Morgan fingerprint density at radius 3 is 2.34 bits per heavy atom. The number of fused-ring (bicyclic) bond motifs is 3. The van der Waals surface area contributed by atoms with E-state index < -0.39 is 23.8 Å². The second-order valence-corrected chi connectivity index (χ2v) is 7.87. The number of carboxylic acids is 1. The van der Waals surface area contributed by atoms with E-state index in [0.29, 0.717) is 12.0 Å². The van der Waals surface area contributed by atoms with Gasteiger partial charge in [-0.3, -0.25) is 14.4 Å². The van der Waals surface area contributed by atoms with Gasteiger partial charge in [-0.05, 0) is 29.5 Å². The molecule has 2 unspecified atom stereocenters. The number of benzene rings is 2. The van der Waals surface area contributed by atoms with Crippen molar-refractivity contribution < 1.29 is 19.5 Å². The van der Waals surface area contributed by atoms with Gasteiger partial charge in [-0.2, -0.15) is 0 Å². The van der Waals surface area contributed by atoms with Crippen LogP contribution in [0.2, 0.25) is 0 Å². The molecule has 6 heteroatoms. The lowest BCUT2D eigenvalue weighted by Crippen LogP contribution is -2.43. The van der Waals surface area contributed by atoms with Crippen molar-refractivity contribution in [2.24, 2.45) is 11.8 Å². The molecule has 1 heterocycles. The number of hydrogen-bond donors (Lipinski definition) is 2. The number of aliphatic carboxylic acids is 1. The lowest BCUT2D eigenvalue weighted by atomic mass is 9.91. The van der Waals surface area contributed by atoms with Crippen LogP contribution in [-0.4, -0.2) is 29.9 Å². The molecule has 1 aliphatic heterocycles. The van der Waals surface area contributed by atoms with Gasteiger partial charge in [0.15, 0.2) is 0 Å². The van der Waals surface area contributed by atoms with Crippen LogP contribution < -0.4 is 10.2 Å². The summed E-state index contributed by atoms with van der Waals surface area (Å²) in [6.07, 6.45) is 0.180. The van der Waals surface area contributed by atoms with Gasteiger partial charge in [0.1, 0.15) is 6.04 Å². The largest absolute Gasteiger partial charge is 0.481 e. The Bertz CT molecular complexity index is 938. The molecule has 152 valence electrons. The molecule has 0 bridgehead atoms. The second-order valence-electron chi connectivity index (χ2n) is 7.87. The van der Waals surface area contributed by atoms with Crippen molar-refractivity contribution in [1.82, 2.24) is 5.32 Å². The molecule has 0 aromatic heterocycles. The molecule has 2 N–H and O–H groups in total. The standard InChI is InChI=1S/C23H26N2O4/c1-14(2)12-15(13-20(26)27)22(28)24-21-18-10-5-4-8-16(18)17-9-6-7-11-19(17)25(3)23(21)29/h4-11,14-15,21H,12-13H2,1-3H3,(H,24,28)(H,26,27). The summed E-state index contributed by atoms with van der Waals surface area (Å²) in [6, 6.07) is 14.2. The van der Waals surface area contributed by atoms with Gasteiger partial charge in [0, 0.05) is 18.5 Å². The molecule has 2 aromatic carbocycles. The van der Waals surface area contributed by atoms with Crippen LogP contribution in [0.15, 0.2) is 48.5 Å². The summed E-state index contributed by atoms with van der Waals surface area (Å²) in [4.78, 5) is 39.1. The predicted octanol–water partition coefficient (Wildman–Crippen LogP) is 3.62. The second kappa shape index (κ2) is 8.47. The minimum absolute atomic E-state index is 0.161. The maximum absolute atomic E-state index is 13.3. The van der Waals surface area contributed by atoms with Crippen LogP contribution in [0.3, 0.4) is 0 Å². The summed E-state index contributed by atoms with van der Waals surface area (Å²) in [7, 11) is 1.69. The summed E-state index contributed by atoms with van der Waals surface area (Å²) in [5.41, 5.74) is 3.27. The quantitative estimate of drug-likeness (QED) is 0.783. The molecule has 1 aliphatic rings. The van der Waals surface area contributed by atoms with Gasteiger partial charge in [-0.15, -0.1) is 0 Å². The van der Waals surface area contributed by atoms with Gasteiger partial charge in [0.2, 0.25) is 5.91 Å². The lowest BCUT2D eigenvalue weighted by Gasteiger charge is -2.25. The fourth-order valence-electron chi connectivity index (χ4n) is 3.90. The van der Waals surface area contributed by atoms with E-state index in [1.165, 1.54) is 0 Å². The Hall–Kier alpha value is -3.15. The van der Waals surface area contributed by atoms with Crippen molar-refractivity contribution in [2.75, 3.05) is 11.9 Å². The monoisotopic (exact) mass is 394 g/mol. The van der Waals surface area contributed by atoms with Crippen molar-refractivity contribution in [3.05, 3.63) is 54.1 Å². The van der Waals surface area contributed by atoms with E-state index in [4.69, 9.17) is 0 Å². The zero-order valence-electron chi connectivity index (χ0n) is 16.9. The van der Waals surface area contributed by atoms with Crippen molar-refractivity contribution in [1.29, 1.82) is 0 Å².